The van der Waals surface area contributed by atoms with Crippen LogP contribution in [-0.2, 0) is 6.42 Å². The molecular weight excluding hydrogens is 356 g/mol. The van der Waals surface area contributed by atoms with Gasteiger partial charge in [-0.3, -0.25) is 14.6 Å². The van der Waals surface area contributed by atoms with E-state index in [9.17, 15) is 9.59 Å². The number of rotatable bonds is 3. The Morgan fingerprint density at radius 2 is 1.96 bits per heavy atom. The first-order chi connectivity index (χ1) is 13.6. The highest BCUT2D eigenvalue weighted by Gasteiger charge is 2.30. The molecule has 1 saturated heterocycles. The molecule has 0 spiro atoms. The van der Waals surface area contributed by atoms with Gasteiger partial charge in [0.15, 0.2) is 5.76 Å². The predicted octanol–water partition coefficient (Wildman–Crippen LogP) is 3.08. The molecule has 4 rings (SSSR count). The van der Waals surface area contributed by atoms with Crippen molar-refractivity contribution in [2.45, 2.75) is 45.4 Å². The largest absolute Gasteiger partial charge is 0.455 e. The molecule has 1 aliphatic carbocycles. The molecule has 1 fully saturated rings. The number of amides is 2. The van der Waals surface area contributed by atoms with Gasteiger partial charge in [0.25, 0.3) is 11.8 Å². The van der Waals surface area contributed by atoms with Crippen molar-refractivity contribution in [3.63, 3.8) is 0 Å². The minimum Gasteiger partial charge on any atom is -0.455 e. The summed E-state index contributed by atoms with van der Waals surface area (Å²) in [7, 11) is 0. The molecule has 1 N–H and O–H groups in total. The Labute approximate surface area is 163 Å². The molecule has 3 heterocycles. The van der Waals surface area contributed by atoms with Gasteiger partial charge < -0.3 is 9.32 Å². The van der Waals surface area contributed by atoms with Crippen LogP contribution < -0.4 is 5.43 Å². The van der Waals surface area contributed by atoms with Crippen molar-refractivity contribution in [3.8, 4) is 0 Å². The van der Waals surface area contributed by atoms with Crippen molar-refractivity contribution in [1.29, 1.82) is 0 Å². The van der Waals surface area contributed by atoms with Crippen LogP contribution in [0.5, 0.6) is 0 Å². The first-order valence-corrected chi connectivity index (χ1v) is 9.85. The van der Waals surface area contributed by atoms with Crippen LogP contribution in [0.1, 0.15) is 70.0 Å². The molecule has 2 aliphatic rings. The number of nitrogens with one attached hydrogen (secondary N) is 1. The number of hydrazone groups is 1. The van der Waals surface area contributed by atoms with Crippen LogP contribution in [0.2, 0.25) is 0 Å². The van der Waals surface area contributed by atoms with Crippen LogP contribution >= 0.6 is 0 Å². The van der Waals surface area contributed by atoms with Crippen molar-refractivity contribution >= 4 is 17.5 Å². The maximum absolute atomic E-state index is 12.9. The summed E-state index contributed by atoms with van der Waals surface area (Å²) in [5.74, 6) is 0.807. The Morgan fingerprint density at radius 1 is 1.14 bits per heavy atom. The van der Waals surface area contributed by atoms with E-state index in [-0.39, 0.29) is 11.8 Å². The maximum atomic E-state index is 12.9. The topological polar surface area (TPSA) is 87.8 Å². The molecule has 2 amide bonds. The van der Waals surface area contributed by atoms with E-state index in [1.54, 1.807) is 24.4 Å². The Bertz CT molecular complexity index is 911. The molecule has 2 aromatic heterocycles. The van der Waals surface area contributed by atoms with E-state index >= 15 is 0 Å². The summed E-state index contributed by atoms with van der Waals surface area (Å²) in [6.45, 7) is 3.47. The Morgan fingerprint density at radius 3 is 2.71 bits per heavy atom. The molecule has 7 heteroatoms. The third-order valence-corrected chi connectivity index (χ3v) is 5.35. The first-order valence-electron chi connectivity index (χ1n) is 9.85. The SMILES string of the molecule is Cc1c(C(=O)N2CCCCC2)oc2c1/C(=N/NC(=O)c1ccccn1)CCC2. The van der Waals surface area contributed by atoms with Gasteiger partial charge in [-0.2, -0.15) is 5.10 Å². The fourth-order valence-electron chi connectivity index (χ4n) is 3.90. The third kappa shape index (κ3) is 3.56. The molecule has 0 radical (unpaired) electrons. The van der Waals surface area contributed by atoms with Gasteiger partial charge in [-0.1, -0.05) is 6.07 Å². The highest BCUT2D eigenvalue weighted by atomic mass is 16.4. The van der Waals surface area contributed by atoms with Crippen molar-refractivity contribution in [2.75, 3.05) is 13.1 Å². The molecule has 146 valence electrons. The minimum atomic E-state index is -0.356. The van der Waals surface area contributed by atoms with Crippen LogP contribution in [0.25, 0.3) is 0 Å². The molecule has 1 aliphatic heterocycles. The summed E-state index contributed by atoms with van der Waals surface area (Å²) in [5.41, 5.74) is 5.34. The summed E-state index contributed by atoms with van der Waals surface area (Å²) in [4.78, 5) is 31.1. The average molecular weight is 380 g/mol. The van der Waals surface area contributed by atoms with Gasteiger partial charge in [-0.15, -0.1) is 0 Å². The van der Waals surface area contributed by atoms with Crippen LogP contribution in [0.3, 0.4) is 0 Å². The molecule has 2 aromatic rings. The second-order valence-corrected chi connectivity index (χ2v) is 7.28. The predicted molar refractivity (Wildman–Crippen MR) is 104 cm³/mol. The molecule has 28 heavy (non-hydrogen) atoms. The monoisotopic (exact) mass is 380 g/mol. The fraction of sp³-hybridized carbons (Fsp3) is 0.429. The lowest BCUT2D eigenvalue weighted by atomic mass is 9.93. The number of nitrogens with zero attached hydrogens (tertiary/aromatic N) is 3. The second-order valence-electron chi connectivity index (χ2n) is 7.28. The molecular formula is C21H24N4O3. The number of aryl methyl sites for hydroxylation is 1. The summed E-state index contributed by atoms with van der Waals surface area (Å²) < 4.78 is 5.98. The van der Waals surface area contributed by atoms with E-state index < -0.39 is 0 Å². The van der Waals surface area contributed by atoms with Gasteiger partial charge >= 0.3 is 0 Å². The van der Waals surface area contributed by atoms with Gasteiger partial charge in [0.2, 0.25) is 0 Å². The molecule has 0 unspecified atom stereocenters. The van der Waals surface area contributed by atoms with Gasteiger partial charge in [0, 0.05) is 36.8 Å². The molecule has 0 bridgehead atoms. The number of piperidine rings is 1. The summed E-state index contributed by atoms with van der Waals surface area (Å²) in [6, 6.07) is 5.15. The van der Waals surface area contributed by atoms with Crippen molar-refractivity contribution in [2.24, 2.45) is 5.10 Å². The zero-order chi connectivity index (χ0) is 19.5. The Hall–Kier alpha value is -2.96. The minimum absolute atomic E-state index is 0.0385. The molecule has 0 saturated carbocycles. The molecule has 7 nitrogen and oxygen atoms in total. The maximum Gasteiger partial charge on any atom is 0.289 e. The zero-order valence-electron chi connectivity index (χ0n) is 16.0. The number of carbonyl (C=O) groups excluding carboxylic acids is 2. The Kier molecular flexibility index (Phi) is 5.23. The van der Waals surface area contributed by atoms with Crippen molar-refractivity contribution in [1.82, 2.24) is 15.3 Å². The van der Waals surface area contributed by atoms with E-state index in [2.05, 4.69) is 15.5 Å². The van der Waals surface area contributed by atoms with Crippen LogP contribution in [0.4, 0.5) is 0 Å². The van der Waals surface area contributed by atoms with E-state index in [1.165, 1.54) is 6.42 Å². The second kappa shape index (κ2) is 7.96. The number of aromatic nitrogens is 1. The van der Waals surface area contributed by atoms with E-state index in [4.69, 9.17) is 4.42 Å². The first kappa shape index (κ1) is 18.4. The lowest BCUT2D eigenvalue weighted by Gasteiger charge is -2.25. The molecule has 0 aromatic carbocycles. The van der Waals surface area contributed by atoms with Crippen LogP contribution in [-0.4, -0.2) is 40.5 Å². The summed E-state index contributed by atoms with van der Waals surface area (Å²) in [6.07, 6.45) is 7.19. The third-order valence-electron chi connectivity index (χ3n) is 5.35. The van der Waals surface area contributed by atoms with Gasteiger partial charge in [0.05, 0.1) is 5.71 Å². The van der Waals surface area contributed by atoms with Crippen molar-refractivity contribution in [3.05, 3.63) is 52.7 Å². The fourth-order valence-corrected chi connectivity index (χ4v) is 3.90. The van der Waals surface area contributed by atoms with Crippen molar-refractivity contribution < 1.29 is 14.0 Å². The lowest BCUT2D eigenvalue weighted by Crippen LogP contribution is -2.35. The lowest BCUT2D eigenvalue weighted by molar-refractivity contribution is 0.0689. The number of carbonyl (C=O) groups is 2. The number of pyridine rings is 1. The number of likely N-dealkylation sites (tertiary alicyclic amines) is 1. The number of hydrogen-bond donors (Lipinski definition) is 1. The van der Waals surface area contributed by atoms with Crippen LogP contribution in [0, 0.1) is 6.92 Å². The number of hydrogen-bond acceptors (Lipinski definition) is 5. The smallest absolute Gasteiger partial charge is 0.289 e. The summed E-state index contributed by atoms with van der Waals surface area (Å²) >= 11 is 0. The average Bonchev–Trinajstić information content (AvgIpc) is 3.10. The highest BCUT2D eigenvalue weighted by Crippen LogP contribution is 2.31. The quantitative estimate of drug-likeness (QED) is 0.829. The van der Waals surface area contributed by atoms with Gasteiger partial charge in [-0.05, 0) is 51.2 Å². The number of fused-ring (bicyclic) bond motifs is 1. The highest BCUT2D eigenvalue weighted by molar-refractivity contribution is 6.07. The standard InChI is InChI=1S/C21H24N4O3/c1-14-18-15(23-24-20(26)16-8-3-4-11-22-16)9-7-10-17(18)28-19(14)21(27)25-12-5-2-6-13-25/h3-4,8,11H,2,5-7,9-10,12-13H2,1H3,(H,24,26)/b23-15+. The Balaban J connectivity index is 1.58. The van der Waals surface area contributed by atoms with E-state index in [0.717, 1.165) is 67.8 Å². The summed E-state index contributed by atoms with van der Waals surface area (Å²) in [5, 5.41) is 4.34. The normalized spacial score (nSPS) is 18.0. The van der Waals surface area contributed by atoms with E-state index in [0.29, 0.717) is 11.5 Å². The van der Waals surface area contributed by atoms with Crippen LogP contribution in [0.15, 0.2) is 33.9 Å². The number of furan rings is 1. The van der Waals surface area contributed by atoms with E-state index in [1.807, 2.05) is 11.8 Å². The van der Waals surface area contributed by atoms with Gasteiger partial charge in [-0.25, -0.2) is 5.43 Å². The zero-order valence-corrected chi connectivity index (χ0v) is 16.0. The van der Waals surface area contributed by atoms with Gasteiger partial charge in [0.1, 0.15) is 11.5 Å². The molecule has 0 atom stereocenters.